The lowest BCUT2D eigenvalue weighted by molar-refractivity contribution is -0.385. The molecule has 7 nitrogen and oxygen atoms in total. The van der Waals surface area contributed by atoms with Crippen molar-refractivity contribution in [3.05, 3.63) is 85.9 Å². The van der Waals surface area contributed by atoms with Crippen molar-refractivity contribution in [3.8, 4) is 0 Å². The van der Waals surface area contributed by atoms with Gasteiger partial charge in [-0.2, -0.15) is 10.1 Å². The van der Waals surface area contributed by atoms with Crippen LogP contribution in [0.3, 0.4) is 0 Å². The molecule has 0 bridgehead atoms. The van der Waals surface area contributed by atoms with Crippen LogP contribution < -0.4 is 0 Å². The summed E-state index contributed by atoms with van der Waals surface area (Å²) in [6.07, 6.45) is 1.15. The molecular weight excluding hydrogens is 414 g/mol. The highest BCUT2D eigenvalue weighted by Crippen LogP contribution is 2.34. The Morgan fingerprint density at radius 2 is 1.67 bits per heavy atom. The smallest absolute Gasteiger partial charge is 0.267 e. The normalized spacial score (nSPS) is 13.6. The summed E-state index contributed by atoms with van der Waals surface area (Å²) in [6.45, 7) is 0. The van der Waals surface area contributed by atoms with Gasteiger partial charge < -0.3 is 0 Å². The number of benzene rings is 3. The predicted octanol–water partition coefficient (Wildman–Crippen LogP) is 4.14. The third-order valence-electron chi connectivity index (χ3n) is 4.28. The Bertz CT molecular complexity index is 1150. The summed E-state index contributed by atoms with van der Waals surface area (Å²) in [5.74, 6) is -1.16. The van der Waals surface area contributed by atoms with Gasteiger partial charge in [-0.15, -0.1) is 0 Å². The van der Waals surface area contributed by atoms with E-state index in [0.29, 0.717) is 16.5 Å². The number of rotatable bonds is 3. The van der Waals surface area contributed by atoms with Crippen LogP contribution in [0.5, 0.6) is 0 Å². The largest absolute Gasteiger partial charge is 0.282 e. The first-order chi connectivity index (χ1) is 13.0. The average molecular weight is 424 g/mol. The fourth-order valence-electron chi connectivity index (χ4n) is 3.04. The third kappa shape index (κ3) is 2.70. The quantitative estimate of drug-likeness (QED) is 0.273. The first-order valence-electron chi connectivity index (χ1n) is 7.86. The van der Waals surface area contributed by atoms with Crippen molar-refractivity contribution >= 4 is 50.4 Å². The number of amides is 2. The number of nitrogens with zero attached hydrogens (tertiary/aromatic N) is 3. The summed E-state index contributed by atoms with van der Waals surface area (Å²) in [5.41, 5.74) is 0.735. The summed E-state index contributed by atoms with van der Waals surface area (Å²) in [7, 11) is 0. The van der Waals surface area contributed by atoms with Crippen LogP contribution in [0.25, 0.3) is 10.8 Å². The number of nitro groups is 1. The first kappa shape index (κ1) is 17.0. The van der Waals surface area contributed by atoms with Crippen molar-refractivity contribution in [1.82, 2.24) is 5.01 Å². The van der Waals surface area contributed by atoms with Crippen molar-refractivity contribution < 1.29 is 14.5 Å². The van der Waals surface area contributed by atoms with Gasteiger partial charge in [-0.05, 0) is 29.7 Å². The summed E-state index contributed by atoms with van der Waals surface area (Å²) in [5, 5.41) is 17.1. The van der Waals surface area contributed by atoms with Crippen LogP contribution in [0, 0.1) is 10.1 Å². The monoisotopic (exact) mass is 423 g/mol. The van der Waals surface area contributed by atoms with Crippen LogP contribution >= 0.6 is 15.9 Å². The second-order valence-electron chi connectivity index (χ2n) is 5.81. The molecule has 132 valence electrons. The second-order valence-corrected chi connectivity index (χ2v) is 6.66. The van der Waals surface area contributed by atoms with Crippen LogP contribution in [0.4, 0.5) is 5.69 Å². The van der Waals surface area contributed by atoms with Crippen LogP contribution in [0.1, 0.15) is 26.3 Å². The highest BCUT2D eigenvalue weighted by molar-refractivity contribution is 9.10. The minimum Gasteiger partial charge on any atom is -0.267 e. The standard InChI is InChI=1S/C19H10BrN3O4/c20-15-9-8-14-17-12(15)5-3-6-13(17)18(24)22(19(14)25)21-10-11-4-1-2-7-16(11)23(26)27/h1-10H/b21-10-. The molecule has 4 rings (SSSR count). The molecule has 1 heterocycles. The number of imide groups is 1. The van der Waals surface area contributed by atoms with E-state index in [0.717, 1.165) is 21.1 Å². The Kier molecular flexibility index (Phi) is 4.04. The fraction of sp³-hybridized carbons (Fsp3) is 0. The lowest BCUT2D eigenvalue weighted by atomic mass is 9.95. The maximum absolute atomic E-state index is 12.8. The highest BCUT2D eigenvalue weighted by Gasteiger charge is 2.33. The van der Waals surface area contributed by atoms with Crippen molar-refractivity contribution in [1.29, 1.82) is 0 Å². The molecule has 1 aliphatic heterocycles. The molecule has 27 heavy (non-hydrogen) atoms. The molecule has 0 aliphatic carbocycles. The zero-order valence-corrected chi connectivity index (χ0v) is 15.2. The van der Waals surface area contributed by atoms with Gasteiger partial charge in [0.1, 0.15) is 0 Å². The van der Waals surface area contributed by atoms with E-state index in [1.54, 1.807) is 30.3 Å². The van der Waals surface area contributed by atoms with E-state index in [-0.39, 0.29) is 11.3 Å². The molecule has 0 aromatic heterocycles. The van der Waals surface area contributed by atoms with Crippen molar-refractivity contribution in [2.45, 2.75) is 0 Å². The van der Waals surface area contributed by atoms with Crippen LogP contribution in [-0.2, 0) is 0 Å². The number of nitro benzene ring substituents is 1. The Labute approximate surface area is 161 Å². The number of carbonyl (C=O) groups excluding carboxylic acids is 2. The van der Waals surface area contributed by atoms with E-state index in [1.807, 2.05) is 6.07 Å². The third-order valence-corrected chi connectivity index (χ3v) is 4.97. The molecule has 0 saturated heterocycles. The molecule has 3 aromatic carbocycles. The highest BCUT2D eigenvalue weighted by atomic mass is 79.9. The molecule has 2 amide bonds. The van der Waals surface area contributed by atoms with Crippen LogP contribution in [0.2, 0.25) is 0 Å². The maximum atomic E-state index is 12.8. The number of para-hydroxylation sites is 1. The van der Waals surface area contributed by atoms with E-state index < -0.39 is 16.7 Å². The second kappa shape index (κ2) is 6.40. The average Bonchev–Trinajstić information content (AvgIpc) is 2.67. The van der Waals surface area contributed by atoms with E-state index in [1.165, 1.54) is 18.2 Å². The minimum atomic E-state index is -0.578. The summed E-state index contributed by atoms with van der Waals surface area (Å²) < 4.78 is 0.778. The van der Waals surface area contributed by atoms with Crippen LogP contribution in [-0.4, -0.2) is 28.0 Å². The van der Waals surface area contributed by atoms with Gasteiger partial charge in [0.2, 0.25) is 0 Å². The van der Waals surface area contributed by atoms with Gasteiger partial charge in [0.25, 0.3) is 17.5 Å². The Balaban J connectivity index is 1.81. The molecule has 0 radical (unpaired) electrons. The van der Waals surface area contributed by atoms with Gasteiger partial charge in [-0.1, -0.05) is 40.2 Å². The van der Waals surface area contributed by atoms with Gasteiger partial charge in [-0.25, -0.2) is 0 Å². The lowest BCUT2D eigenvalue weighted by Crippen LogP contribution is -2.36. The number of carbonyl (C=O) groups is 2. The minimum absolute atomic E-state index is 0.162. The molecule has 0 unspecified atom stereocenters. The topological polar surface area (TPSA) is 92.9 Å². The van der Waals surface area contributed by atoms with Crippen molar-refractivity contribution in [3.63, 3.8) is 0 Å². The number of hydrazone groups is 1. The van der Waals surface area contributed by atoms with Gasteiger partial charge in [0, 0.05) is 15.9 Å². The molecule has 0 saturated carbocycles. The number of halogens is 1. The SMILES string of the molecule is O=C1c2cccc3c(Br)ccc(c23)C(=O)N1/N=C\c1ccccc1[N+](=O)[O-]. The lowest BCUT2D eigenvalue weighted by Gasteiger charge is -2.23. The molecule has 0 spiro atoms. The molecule has 0 fully saturated rings. The predicted molar refractivity (Wildman–Crippen MR) is 103 cm³/mol. The molecule has 8 heteroatoms. The Hall–Kier alpha value is -3.39. The zero-order chi connectivity index (χ0) is 19.1. The molecule has 0 N–H and O–H groups in total. The number of hydrogen-bond acceptors (Lipinski definition) is 5. The molecular formula is C19H10BrN3O4. The van der Waals surface area contributed by atoms with E-state index in [2.05, 4.69) is 21.0 Å². The van der Waals surface area contributed by atoms with Crippen molar-refractivity contribution in [2.75, 3.05) is 0 Å². The van der Waals surface area contributed by atoms with E-state index in [4.69, 9.17) is 0 Å². The first-order valence-corrected chi connectivity index (χ1v) is 8.66. The molecule has 1 aliphatic rings. The summed E-state index contributed by atoms with van der Waals surface area (Å²) in [4.78, 5) is 36.2. The zero-order valence-electron chi connectivity index (χ0n) is 13.6. The van der Waals surface area contributed by atoms with Gasteiger partial charge in [0.05, 0.1) is 27.8 Å². The summed E-state index contributed by atoms with van der Waals surface area (Å²) in [6, 6.07) is 14.5. The summed E-state index contributed by atoms with van der Waals surface area (Å²) >= 11 is 3.43. The molecule has 3 aromatic rings. The Morgan fingerprint density at radius 3 is 2.41 bits per heavy atom. The van der Waals surface area contributed by atoms with E-state index in [9.17, 15) is 19.7 Å². The fourth-order valence-corrected chi connectivity index (χ4v) is 3.50. The van der Waals surface area contributed by atoms with Gasteiger partial charge in [0.15, 0.2) is 0 Å². The number of hydrogen-bond donors (Lipinski definition) is 0. The van der Waals surface area contributed by atoms with Crippen molar-refractivity contribution in [2.24, 2.45) is 5.10 Å². The Morgan fingerprint density at radius 1 is 0.963 bits per heavy atom. The van der Waals surface area contributed by atoms with E-state index >= 15 is 0 Å². The maximum Gasteiger partial charge on any atom is 0.282 e. The molecule has 0 atom stereocenters. The van der Waals surface area contributed by atoms with Crippen LogP contribution in [0.15, 0.2) is 64.2 Å². The van der Waals surface area contributed by atoms with Gasteiger partial charge in [-0.3, -0.25) is 19.7 Å². The van der Waals surface area contributed by atoms with Gasteiger partial charge >= 0.3 is 0 Å².